The second-order valence-electron chi connectivity index (χ2n) is 9.69. The molecular weight excluding hydrogens is 422 g/mol. The second-order valence-corrected chi connectivity index (χ2v) is 9.69. The van der Waals surface area contributed by atoms with Gasteiger partial charge in [0, 0.05) is 18.1 Å². The fourth-order valence-electron chi connectivity index (χ4n) is 4.87. The lowest BCUT2D eigenvalue weighted by Crippen LogP contribution is -2.68. The lowest BCUT2D eigenvalue weighted by atomic mass is 9.84. The summed E-state index contributed by atoms with van der Waals surface area (Å²) in [7, 11) is 1.62. The van der Waals surface area contributed by atoms with Gasteiger partial charge in [-0.15, -0.1) is 0 Å². The number of aliphatic hydroxyl groups excluding tert-OH is 2. The van der Waals surface area contributed by atoms with Gasteiger partial charge in [0.2, 0.25) is 0 Å². The highest BCUT2D eigenvalue weighted by Gasteiger charge is 2.50. The number of ether oxygens (including phenoxy) is 4. The Bertz CT molecular complexity index is 615. The molecule has 1 aliphatic carbocycles. The van der Waals surface area contributed by atoms with Crippen molar-refractivity contribution in [3.63, 3.8) is 0 Å². The Hall–Kier alpha value is -0.480. The average Bonchev–Trinajstić information content (AvgIpc) is 2.71. The van der Waals surface area contributed by atoms with Crippen LogP contribution in [0.3, 0.4) is 0 Å². The minimum absolute atomic E-state index is 0.0683. The predicted octanol–water partition coefficient (Wildman–Crippen LogP) is -3.59. The summed E-state index contributed by atoms with van der Waals surface area (Å²) in [5.74, 6) is 0. The van der Waals surface area contributed by atoms with Crippen molar-refractivity contribution in [2.24, 2.45) is 22.9 Å². The molecule has 0 bridgehead atoms. The third-order valence-electron chi connectivity index (χ3n) is 6.81. The summed E-state index contributed by atoms with van der Waals surface area (Å²) in [6.45, 7) is 3.34. The van der Waals surface area contributed by atoms with Crippen LogP contribution in [-0.4, -0.2) is 108 Å². The lowest BCUT2D eigenvalue weighted by molar-refractivity contribution is -0.307. The molecule has 0 aromatic heterocycles. The van der Waals surface area contributed by atoms with Crippen molar-refractivity contribution in [2.75, 3.05) is 13.7 Å². The number of hydrogen-bond donors (Lipinski definition) is 8. The van der Waals surface area contributed by atoms with Crippen LogP contribution in [0.5, 0.6) is 0 Å². The van der Waals surface area contributed by atoms with Crippen LogP contribution in [0.4, 0.5) is 0 Å². The average molecular weight is 464 g/mol. The molecule has 13 atom stereocenters. The van der Waals surface area contributed by atoms with E-state index in [0.29, 0.717) is 12.8 Å². The summed E-state index contributed by atoms with van der Waals surface area (Å²) in [4.78, 5) is 0. The molecule has 2 saturated heterocycles. The topological polar surface area (TPSA) is 214 Å². The molecule has 2 heterocycles. The van der Waals surface area contributed by atoms with E-state index in [1.54, 1.807) is 14.0 Å². The minimum atomic E-state index is -1.29. The van der Waals surface area contributed by atoms with Gasteiger partial charge in [0.1, 0.15) is 30.0 Å². The van der Waals surface area contributed by atoms with Crippen LogP contribution in [0, 0.1) is 0 Å². The van der Waals surface area contributed by atoms with Crippen LogP contribution in [-0.2, 0) is 18.9 Å². The minimum Gasteiger partial charge on any atom is -0.388 e. The molecule has 0 radical (unpaired) electrons. The van der Waals surface area contributed by atoms with Crippen LogP contribution in [0.1, 0.15) is 33.1 Å². The van der Waals surface area contributed by atoms with E-state index in [9.17, 15) is 15.3 Å². The van der Waals surface area contributed by atoms with Gasteiger partial charge in [0.25, 0.3) is 0 Å². The fourth-order valence-corrected chi connectivity index (χ4v) is 4.87. The Labute approximate surface area is 188 Å². The fraction of sp³-hybridized carbons (Fsp3) is 1.00. The highest BCUT2D eigenvalue weighted by molar-refractivity contribution is 5.02. The molecule has 0 aromatic rings. The lowest BCUT2D eigenvalue weighted by Gasteiger charge is -2.48. The van der Waals surface area contributed by atoms with E-state index >= 15 is 0 Å². The maximum Gasteiger partial charge on any atom is 0.185 e. The molecule has 12 nitrogen and oxygen atoms in total. The van der Waals surface area contributed by atoms with Gasteiger partial charge in [-0.05, 0) is 40.2 Å². The van der Waals surface area contributed by atoms with Gasteiger partial charge in [-0.1, -0.05) is 0 Å². The summed E-state index contributed by atoms with van der Waals surface area (Å²) < 4.78 is 23.4. The van der Waals surface area contributed by atoms with Crippen molar-refractivity contribution in [3.8, 4) is 0 Å². The highest BCUT2D eigenvalue weighted by atomic mass is 16.7. The van der Waals surface area contributed by atoms with E-state index in [0.717, 1.165) is 6.42 Å². The summed E-state index contributed by atoms with van der Waals surface area (Å²) in [5.41, 5.74) is 23.3. The zero-order valence-corrected chi connectivity index (χ0v) is 19.0. The number of nitrogens with two attached hydrogens (primary N) is 4. The smallest absolute Gasteiger partial charge is 0.185 e. The van der Waals surface area contributed by atoms with Crippen molar-refractivity contribution < 1.29 is 34.3 Å². The molecule has 188 valence electrons. The summed E-state index contributed by atoms with van der Waals surface area (Å²) in [5, 5.41) is 35.0. The van der Waals surface area contributed by atoms with Gasteiger partial charge in [-0.2, -0.15) is 0 Å². The van der Waals surface area contributed by atoms with Crippen molar-refractivity contribution in [1.82, 2.24) is 5.32 Å². The third-order valence-corrected chi connectivity index (χ3v) is 6.81. The third kappa shape index (κ3) is 5.43. The molecular formula is C20H41N5O7. The van der Waals surface area contributed by atoms with E-state index in [-0.39, 0.29) is 24.8 Å². The molecule has 3 fully saturated rings. The first-order chi connectivity index (χ1) is 15.0. The number of aliphatic hydroxyl groups is 3. The monoisotopic (exact) mass is 463 g/mol. The van der Waals surface area contributed by atoms with E-state index in [1.807, 2.05) is 6.92 Å². The molecule has 2 unspecified atom stereocenters. The first-order valence-corrected chi connectivity index (χ1v) is 11.3. The molecule has 3 rings (SSSR count). The van der Waals surface area contributed by atoms with E-state index < -0.39 is 60.7 Å². The Kier molecular flexibility index (Phi) is 8.51. The zero-order valence-electron chi connectivity index (χ0n) is 19.0. The van der Waals surface area contributed by atoms with Gasteiger partial charge in [0.05, 0.1) is 24.8 Å². The van der Waals surface area contributed by atoms with Gasteiger partial charge in [-0.25, -0.2) is 0 Å². The first kappa shape index (κ1) is 26.1. The molecule has 0 amide bonds. The molecule has 32 heavy (non-hydrogen) atoms. The molecule has 0 spiro atoms. The molecule has 2 aliphatic heterocycles. The second kappa shape index (κ2) is 10.4. The van der Waals surface area contributed by atoms with E-state index in [1.165, 1.54) is 0 Å². The normalized spacial score (nSPS) is 51.4. The van der Waals surface area contributed by atoms with Crippen LogP contribution < -0.4 is 28.3 Å². The predicted molar refractivity (Wildman–Crippen MR) is 115 cm³/mol. The first-order valence-electron chi connectivity index (χ1n) is 11.3. The number of hydrogen-bond acceptors (Lipinski definition) is 12. The van der Waals surface area contributed by atoms with Gasteiger partial charge >= 0.3 is 0 Å². The van der Waals surface area contributed by atoms with Crippen molar-refractivity contribution in [3.05, 3.63) is 0 Å². The Morgan fingerprint density at radius 1 is 1.00 bits per heavy atom. The van der Waals surface area contributed by atoms with Crippen LogP contribution >= 0.6 is 0 Å². The van der Waals surface area contributed by atoms with Gasteiger partial charge < -0.3 is 62.5 Å². The Morgan fingerprint density at radius 2 is 1.59 bits per heavy atom. The summed E-state index contributed by atoms with van der Waals surface area (Å²) >= 11 is 0. The van der Waals surface area contributed by atoms with Crippen LogP contribution in [0.15, 0.2) is 0 Å². The maximum atomic E-state index is 11.1. The van der Waals surface area contributed by atoms with Crippen molar-refractivity contribution in [1.29, 1.82) is 0 Å². The molecule has 1 saturated carbocycles. The molecule has 3 aliphatic rings. The summed E-state index contributed by atoms with van der Waals surface area (Å²) in [6, 6.07) is -2.47. The molecule has 0 aromatic carbocycles. The van der Waals surface area contributed by atoms with E-state index in [4.69, 9.17) is 41.9 Å². The Balaban J connectivity index is 1.69. The SMILES string of the molecule is CN[C@@H]1[C@@H](O)[C@@H](OC2[C@H](N)C[C@H](N)[C@@H](OC3O[C@H]([C@H](C)N)CC[C@H]3N)[C@H]2O)OC[C@]1(C)O. The molecule has 12 N–H and O–H groups in total. The quantitative estimate of drug-likeness (QED) is 0.192. The summed E-state index contributed by atoms with van der Waals surface area (Å²) in [6.07, 6.45) is -4.58. The van der Waals surface area contributed by atoms with Gasteiger partial charge in [0.15, 0.2) is 12.6 Å². The van der Waals surface area contributed by atoms with Crippen LogP contribution in [0.2, 0.25) is 0 Å². The van der Waals surface area contributed by atoms with E-state index in [2.05, 4.69) is 5.32 Å². The number of likely N-dealkylation sites (N-methyl/N-ethyl adjacent to an activating group) is 1. The Morgan fingerprint density at radius 3 is 2.16 bits per heavy atom. The number of nitrogens with one attached hydrogen (secondary N) is 1. The zero-order chi connectivity index (χ0) is 23.8. The standard InChI is InChI=1S/C20H41N5O7/c1-8(21)12-5-4-9(22)18(30-12)31-15-10(23)6-11(24)16(13(15)26)32-19-14(27)17(25-3)20(2,28)7-29-19/h8-19,25-28H,4-7,21-24H2,1-3H3/t8-,9+,10-,11+,12-,13+,14+,15+,16?,17+,18?,19+,20-/m0/s1. The van der Waals surface area contributed by atoms with Crippen molar-refractivity contribution in [2.45, 2.75) is 112 Å². The molecule has 12 heteroatoms. The highest BCUT2D eigenvalue weighted by Crippen LogP contribution is 2.31. The van der Waals surface area contributed by atoms with Crippen LogP contribution in [0.25, 0.3) is 0 Å². The number of rotatable bonds is 6. The van der Waals surface area contributed by atoms with Crippen molar-refractivity contribution >= 4 is 0 Å². The maximum absolute atomic E-state index is 11.1. The van der Waals surface area contributed by atoms with Gasteiger partial charge in [-0.3, -0.25) is 0 Å². The largest absolute Gasteiger partial charge is 0.388 e.